The molecule has 0 aliphatic rings. The molecule has 0 rings (SSSR count). The Morgan fingerprint density at radius 3 is 2.00 bits per heavy atom. The summed E-state index contributed by atoms with van der Waals surface area (Å²) in [7, 11) is 0. The summed E-state index contributed by atoms with van der Waals surface area (Å²) in [6.45, 7) is 13.7. The molecule has 0 saturated heterocycles. The first-order valence-corrected chi connectivity index (χ1v) is 5.09. The molecule has 3 nitrogen and oxygen atoms in total. The number of hydrogen-bond acceptors (Lipinski definition) is 2. The van der Waals surface area contributed by atoms with Crippen LogP contribution in [0.3, 0.4) is 0 Å². The number of allylic oxidation sites excluding steroid dienone is 1. The Balaban J connectivity index is 5.18. The van der Waals surface area contributed by atoms with Gasteiger partial charge in [0.2, 0.25) is 0 Å². The molecule has 1 N–H and O–H groups in total. The van der Waals surface area contributed by atoms with Crippen LogP contribution in [0.15, 0.2) is 49.2 Å². The van der Waals surface area contributed by atoms with Gasteiger partial charge in [0.1, 0.15) is 0 Å². The summed E-state index contributed by atoms with van der Waals surface area (Å²) in [5, 5.41) is 8.99. The first-order valence-electron chi connectivity index (χ1n) is 5.09. The topological polar surface area (TPSA) is 40.5 Å². The molecular formula is C13H19NO2. The van der Waals surface area contributed by atoms with Gasteiger partial charge in [-0.1, -0.05) is 18.2 Å². The Labute approximate surface area is 97.1 Å². The molecular weight excluding hydrogens is 202 g/mol. The third-order valence-corrected chi connectivity index (χ3v) is 2.17. The van der Waals surface area contributed by atoms with Crippen molar-refractivity contribution in [1.82, 2.24) is 4.90 Å². The maximum atomic E-state index is 11.0. The fourth-order valence-electron chi connectivity index (χ4n) is 1.39. The molecule has 0 fully saturated rings. The number of hydrogen-bond donors (Lipinski definition) is 1. The molecule has 3 heteroatoms. The maximum Gasteiger partial charge on any atom is 0.333 e. The van der Waals surface area contributed by atoms with E-state index in [9.17, 15) is 4.79 Å². The lowest BCUT2D eigenvalue weighted by Crippen LogP contribution is -2.25. The normalized spacial score (nSPS) is 11.3. The van der Waals surface area contributed by atoms with Crippen molar-refractivity contribution in [3.05, 3.63) is 49.2 Å². The molecule has 0 spiro atoms. The number of carboxylic acids is 1. The van der Waals surface area contributed by atoms with Crippen LogP contribution in [0.1, 0.15) is 13.3 Å². The van der Waals surface area contributed by atoms with Crippen molar-refractivity contribution in [2.45, 2.75) is 13.3 Å². The van der Waals surface area contributed by atoms with Crippen LogP contribution >= 0.6 is 0 Å². The Hall–Kier alpha value is -1.77. The SMILES string of the molecule is C=CCC(=C(C)C(=O)O)N(CC=C)CC=C. The highest BCUT2D eigenvalue weighted by Gasteiger charge is 2.13. The molecule has 0 unspecified atom stereocenters. The number of rotatable bonds is 8. The standard InChI is InChI=1S/C13H19NO2/c1-5-8-12(11(4)13(15)16)14(9-6-2)10-7-3/h5-7H,1-3,8-10H2,4H3,(H,15,16). The van der Waals surface area contributed by atoms with E-state index < -0.39 is 5.97 Å². The molecule has 0 atom stereocenters. The minimum atomic E-state index is -0.907. The molecule has 0 bridgehead atoms. The lowest BCUT2D eigenvalue weighted by Gasteiger charge is -2.25. The summed E-state index contributed by atoms with van der Waals surface area (Å²) >= 11 is 0. The predicted octanol–water partition coefficient (Wildman–Crippen LogP) is 2.60. The molecule has 0 radical (unpaired) electrons. The van der Waals surface area contributed by atoms with Crippen LogP contribution in [-0.4, -0.2) is 29.1 Å². The smallest absolute Gasteiger partial charge is 0.333 e. The minimum Gasteiger partial charge on any atom is -0.478 e. The van der Waals surface area contributed by atoms with Crippen LogP contribution in [0.25, 0.3) is 0 Å². The molecule has 0 aromatic carbocycles. The molecule has 88 valence electrons. The second-order valence-corrected chi connectivity index (χ2v) is 3.35. The van der Waals surface area contributed by atoms with Crippen molar-refractivity contribution in [3.63, 3.8) is 0 Å². The molecule has 0 amide bonds. The van der Waals surface area contributed by atoms with Crippen molar-refractivity contribution in [3.8, 4) is 0 Å². The van der Waals surface area contributed by atoms with Crippen molar-refractivity contribution >= 4 is 5.97 Å². The highest BCUT2D eigenvalue weighted by molar-refractivity contribution is 5.86. The second-order valence-electron chi connectivity index (χ2n) is 3.35. The van der Waals surface area contributed by atoms with Crippen LogP contribution in [-0.2, 0) is 4.79 Å². The van der Waals surface area contributed by atoms with Crippen LogP contribution in [0.4, 0.5) is 0 Å². The van der Waals surface area contributed by atoms with Gasteiger partial charge in [-0.2, -0.15) is 0 Å². The molecule has 0 aliphatic heterocycles. The van der Waals surface area contributed by atoms with Crippen molar-refractivity contribution in [1.29, 1.82) is 0 Å². The van der Waals surface area contributed by atoms with E-state index in [0.717, 1.165) is 5.70 Å². The first-order chi connectivity index (χ1) is 7.58. The van der Waals surface area contributed by atoms with Crippen LogP contribution in [0.2, 0.25) is 0 Å². The Kier molecular flexibility index (Phi) is 6.68. The molecule has 0 heterocycles. The van der Waals surface area contributed by atoms with Crippen LogP contribution < -0.4 is 0 Å². The van der Waals surface area contributed by atoms with E-state index in [-0.39, 0.29) is 0 Å². The van der Waals surface area contributed by atoms with E-state index in [1.807, 2.05) is 4.90 Å². The minimum absolute atomic E-state index is 0.337. The van der Waals surface area contributed by atoms with Gasteiger partial charge in [0.25, 0.3) is 0 Å². The zero-order valence-corrected chi connectivity index (χ0v) is 9.78. The van der Waals surface area contributed by atoms with E-state index >= 15 is 0 Å². The lowest BCUT2D eigenvalue weighted by molar-refractivity contribution is -0.132. The van der Waals surface area contributed by atoms with Crippen molar-refractivity contribution in [2.75, 3.05) is 13.1 Å². The van der Waals surface area contributed by atoms with Gasteiger partial charge >= 0.3 is 5.97 Å². The summed E-state index contributed by atoms with van der Waals surface area (Å²) < 4.78 is 0. The highest BCUT2D eigenvalue weighted by Crippen LogP contribution is 2.15. The fourth-order valence-corrected chi connectivity index (χ4v) is 1.39. The van der Waals surface area contributed by atoms with Gasteiger partial charge in [-0.25, -0.2) is 4.79 Å². The Morgan fingerprint density at radius 2 is 1.69 bits per heavy atom. The number of carbonyl (C=O) groups is 1. The van der Waals surface area contributed by atoms with E-state index in [0.29, 0.717) is 25.1 Å². The first kappa shape index (κ1) is 14.2. The quantitative estimate of drug-likeness (QED) is 0.506. The molecule has 16 heavy (non-hydrogen) atoms. The van der Waals surface area contributed by atoms with E-state index in [2.05, 4.69) is 19.7 Å². The lowest BCUT2D eigenvalue weighted by atomic mass is 10.1. The molecule has 0 saturated carbocycles. The van der Waals surface area contributed by atoms with Gasteiger partial charge in [0, 0.05) is 25.2 Å². The largest absolute Gasteiger partial charge is 0.478 e. The summed E-state index contributed by atoms with van der Waals surface area (Å²) in [4.78, 5) is 12.9. The monoisotopic (exact) mass is 221 g/mol. The number of carboxylic acid groups (broad SMARTS) is 1. The second kappa shape index (κ2) is 7.51. The fraction of sp³-hybridized carbons (Fsp3) is 0.308. The van der Waals surface area contributed by atoms with Gasteiger partial charge in [-0.3, -0.25) is 0 Å². The van der Waals surface area contributed by atoms with E-state index in [1.54, 1.807) is 25.2 Å². The Morgan fingerprint density at radius 1 is 1.19 bits per heavy atom. The highest BCUT2D eigenvalue weighted by atomic mass is 16.4. The molecule has 0 aromatic rings. The summed E-state index contributed by atoms with van der Waals surface area (Å²) in [6, 6.07) is 0. The zero-order valence-electron chi connectivity index (χ0n) is 9.78. The third kappa shape index (κ3) is 4.17. The third-order valence-electron chi connectivity index (χ3n) is 2.17. The van der Waals surface area contributed by atoms with Gasteiger partial charge in [-0.15, -0.1) is 19.7 Å². The van der Waals surface area contributed by atoms with E-state index in [4.69, 9.17) is 5.11 Å². The van der Waals surface area contributed by atoms with Gasteiger partial charge < -0.3 is 10.0 Å². The van der Waals surface area contributed by atoms with Crippen LogP contribution in [0, 0.1) is 0 Å². The van der Waals surface area contributed by atoms with Crippen molar-refractivity contribution < 1.29 is 9.90 Å². The maximum absolute atomic E-state index is 11.0. The zero-order chi connectivity index (χ0) is 12.6. The summed E-state index contributed by atoms with van der Waals surface area (Å²) in [5.41, 5.74) is 1.09. The van der Waals surface area contributed by atoms with E-state index in [1.165, 1.54) is 0 Å². The predicted molar refractivity (Wildman–Crippen MR) is 67.1 cm³/mol. The average molecular weight is 221 g/mol. The molecule has 0 aromatic heterocycles. The number of nitrogens with zero attached hydrogens (tertiary/aromatic N) is 1. The van der Waals surface area contributed by atoms with Crippen LogP contribution in [0.5, 0.6) is 0 Å². The van der Waals surface area contributed by atoms with Crippen molar-refractivity contribution in [2.24, 2.45) is 0 Å². The molecule has 0 aliphatic carbocycles. The van der Waals surface area contributed by atoms with Gasteiger partial charge in [-0.05, 0) is 6.92 Å². The average Bonchev–Trinajstić information content (AvgIpc) is 2.24. The number of aliphatic carboxylic acids is 1. The summed E-state index contributed by atoms with van der Waals surface area (Å²) in [6.07, 6.45) is 5.70. The summed E-state index contributed by atoms with van der Waals surface area (Å²) in [5.74, 6) is -0.907. The Bertz CT molecular complexity index is 306. The van der Waals surface area contributed by atoms with Gasteiger partial charge in [0.15, 0.2) is 0 Å². The van der Waals surface area contributed by atoms with Gasteiger partial charge in [0.05, 0.1) is 5.57 Å².